The molecule has 1 aliphatic heterocycles. The van der Waals surface area contributed by atoms with E-state index in [0.29, 0.717) is 23.6 Å². The number of imidazole rings is 1. The summed E-state index contributed by atoms with van der Waals surface area (Å²) in [4.78, 5) is 21.8. The number of nitrogens with two attached hydrogens (primary N) is 1. The Morgan fingerprint density at radius 1 is 1.19 bits per heavy atom. The number of fused-ring (bicyclic) bond motifs is 1. The summed E-state index contributed by atoms with van der Waals surface area (Å²) in [5.74, 6) is 1.20. The largest absolute Gasteiger partial charge is 0.382 e. The van der Waals surface area contributed by atoms with E-state index in [1.165, 1.54) is 12.8 Å². The zero-order valence-electron chi connectivity index (χ0n) is 17.5. The van der Waals surface area contributed by atoms with Crippen LogP contribution in [0.2, 0.25) is 0 Å². The minimum atomic E-state index is -0.176. The molecule has 1 atom stereocenters. The van der Waals surface area contributed by atoms with E-state index in [2.05, 4.69) is 25.8 Å². The first kappa shape index (κ1) is 20.1. The van der Waals surface area contributed by atoms with Crippen LogP contribution in [0.1, 0.15) is 47.2 Å². The summed E-state index contributed by atoms with van der Waals surface area (Å²) in [5, 5.41) is 14.2. The number of rotatable bonds is 5. The van der Waals surface area contributed by atoms with Crippen molar-refractivity contribution in [3.05, 3.63) is 72.1 Å². The second-order valence-electron chi connectivity index (χ2n) is 7.83. The Bertz CT molecular complexity index is 1230. The van der Waals surface area contributed by atoms with Gasteiger partial charge in [-0.1, -0.05) is 18.6 Å². The maximum absolute atomic E-state index is 12.5. The van der Waals surface area contributed by atoms with Crippen LogP contribution in [0, 0.1) is 0 Å². The molecule has 0 radical (unpaired) electrons. The number of nitrogens with zero attached hydrogens (tertiary/aromatic N) is 5. The molecular weight excluding hydrogens is 404 g/mol. The topological polar surface area (TPSA) is 123 Å². The van der Waals surface area contributed by atoms with E-state index < -0.39 is 0 Å². The van der Waals surface area contributed by atoms with Crippen LogP contribution in [0.25, 0.3) is 16.8 Å². The minimum absolute atomic E-state index is 0.176. The SMILES string of the molecule is Nc1nccn2c([C@@H]3CCCCN3)nc(-c3ccc(C(=O)NCc4cccnn4)cc3)c12. The van der Waals surface area contributed by atoms with Crippen LogP contribution >= 0.6 is 0 Å². The van der Waals surface area contributed by atoms with Gasteiger partial charge >= 0.3 is 0 Å². The van der Waals surface area contributed by atoms with E-state index >= 15 is 0 Å². The molecule has 4 heterocycles. The lowest BCUT2D eigenvalue weighted by molar-refractivity contribution is 0.0950. The number of hydrogen-bond acceptors (Lipinski definition) is 7. The summed E-state index contributed by atoms with van der Waals surface area (Å²) in [7, 11) is 0. The summed E-state index contributed by atoms with van der Waals surface area (Å²) in [6.45, 7) is 1.30. The fraction of sp³-hybridized carbons (Fsp3) is 0.261. The van der Waals surface area contributed by atoms with Gasteiger partial charge in [-0.25, -0.2) is 9.97 Å². The lowest BCUT2D eigenvalue weighted by atomic mass is 10.0. The van der Waals surface area contributed by atoms with Crippen LogP contribution in [-0.4, -0.2) is 37.0 Å². The number of hydrogen-bond donors (Lipinski definition) is 3. The zero-order valence-corrected chi connectivity index (χ0v) is 17.5. The van der Waals surface area contributed by atoms with Gasteiger partial charge in [-0.3, -0.25) is 9.20 Å². The van der Waals surface area contributed by atoms with Gasteiger partial charge < -0.3 is 16.4 Å². The number of piperidine rings is 1. The molecule has 1 fully saturated rings. The molecule has 0 unspecified atom stereocenters. The van der Waals surface area contributed by atoms with E-state index in [9.17, 15) is 4.79 Å². The van der Waals surface area contributed by atoms with Crippen LogP contribution in [0.15, 0.2) is 55.0 Å². The van der Waals surface area contributed by atoms with Crippen molar-refractivity contribution < 1.29 is 4.79 Å². The minimum Gasteiger partial charge on any atom is -0.382 e. The van der Waals surface area contributed by atoms with Crippen molar-refractivity contribution in [2.24, 2.45) is 0 Å². The summed E-state index contributed by atoms with van der Waals surface area (Å²) >= 11 is 0. The van der Waals surface area contributed by atoms with Crippen molar-refractivity contribution >= 4 is 17.2 Å². The first-order valence-electron chi connectivity index (χ1n) is 10.7. The molecule has 9 heteroatoms. The number of nitrogen functional groups attached to an aromatic ring is 1. The Hall–Kier alpha value is -3.85. The highest BCUT2D eigenvalue weighted by atomic mass is 16.1. The Balaban J connectivity index is 1.42. The molecule has 3 aromatic heterocycles. The van der Waals surface area contributed by atoms with Crippen molar-refractivity contribution in [3.8, 4) is 11.3 Å². The van der Waals surface area contributed by atoms with Crippen molar-refractivity contribution in [2.75, 3.05) is 12.3 Å². The average molecular weight is 429 g/mol. The van der Waals surface area contributed by atoms with Gasteiger partial charge in [0.05, 0.1) is 18.3 Å². The number of aromatic nitrogens is 5. The van der Waals surface area contributed by atoms with Crippen LogP contribution in [0.5, 0.6) is 0 Å². The molecule has 1 aliphatic rings. The Morgan fingerprint density at radius 3 is 2.81 bits per heavy atom. The lowest BCUT2D eigenvalue weighted by Gasteiger charge is -2.22. The number of benzene rings is 1. The van der Waals surface area contributed by atoms with Gasteiger partial charge in [0, 0.05) is 29.7 Å². The number of nitrogens with one attached hydrogen (secondary N) is 2. The molecular formula is C23H24N8O. The van der Waals surface area contributed by atoms with E-state index in [0.717, 1.165) is 35.6 Å². The Labute approximate surface area is 185 Å². The molecule has 1 saturated heterocycles. The third-order valence-corrected chi connectivity index (χ3v) is 5.71. The second-order valence-corrected chi connectivity index (χ2v) is 7.83. The molecule has 1 amide bonds. The first-order valence-corrected chi connectivity index (χ1v) is 10.7. The third kappa shape index (κ3) is 3.90. The highest BCUT2D eigenvalue weighted by Gasteiger charge is 2.23. The zero-order chi connectivity index (χ0) is 21.9. The number of carbonyl (C=O) groups is 1. The standard InChI is InChI=1S/C23H24N8O/c24-21-20-19(29-22(31(20)13-12-26-21)18-5-1-2-10-25-18)15-6-8-16(9-7-15)23(32)27-14-17-4-3-11-28-30-17/h3-4,6-9,11-13,18,25H,1-2,5,10,14H2,(H2,24,26)(H,27,32)/t18-/m0/s1. The Morgan fingerprint density at radius 2 is 2.06 bits per heavy atom. The van der Waals surface area contributed by atoms with Crippen molar-refractivity contribution in [1.82, 2.24) is 35.2 Å². The van der Waals surface area contributed by atoms with E-state index in [-0.39, 0.29) is 11.9 Å². The van der Waals surface area contributed by atoms with Gasteiger partial charge in [0.25, 0.3) is 5.91 Å². The van der Waals surface area contributed by atoms with E-state index in [4.69, 9.17) is 10.7 Å². The quantitative estimate of drug-likeness (QED) is 0.446. The average Bonchev–Trinajstić information content (AvgIpc) is 3.25. The molecule has 162 valence electrons. The predicted octanol–water partition coefficient (Wildman–Crippen LogP) is 2.51. The highest BCUT2D eigenvalue weighted by molar-refractivity contribution is 5.95. The predicted molar refractivity (Wildman–Crippen MR) is 121 cm³/mol. The van der Waals surface area contributed by atoms with Crippen molar-refractivity contribution in [2.45, 2.75) is 31.8 Å². The highest BCUT2D eigenvalue weighted by Crippen LogP contribution is 2.32. The van der Waals surface area contributed by atoms with E-state index in [1.54, 1.807) is 30.6 Å². The maximum Gasteiger partial charge on any atom is 0.251 e. The van der Waals surface area contributed by atoms with Crippen LogP contribution in [0.3, 0.4) is 0 Å². The maximum atomic E-state index is 12.5. The normalized spacial score (nSPS) is 16.2. The van der Waals surface area contributed by atoms with Gasteiger partial charge in [-0.2, -0.15) is 10.2 Å². The first-order chi connectivity index (χ1) is 15.7. The molecule has 5 rings (SSSR count). The van der Waals surface area contributed by atoms with Gasteiger partial charge in [-0.05, 0) is 43.7 Å². The van der Waals surface area contributed by atoms with Gasteiger partial charge in [-0.15, -0.1) is 0 Å². The molecule has 1 aromatic carbocycles. The molecule has 4 N–H and O–H groups in total. The fourth-order valence-corrected chi connectivity index (χ4v) is 4.09. The number of carbonyl (C=O) groups excluding carboxylic acids is 1. The summed E-state index contributed by atoms with van der Waals surface area (Å²) in [6, 6.07) is 11.1. The van der Waals surface area contributed by atoms with Gasteiger partial charge in [0.15, 0.2) is 0 Å². The van der Waals surface area contributed by atoms with Crippen molar-refractivity contribution in [3.63, 3.8) is 0 Å². The number of amides is 1. The lowest BCUT2D eigenvalue weighted by Crippen LogP contribution is -2.28. The molecule has 32 heavy (non-hydrogen) atoms. The summed E-state index contributed by atoms with van der Waals surface area (Å²) in [6.07, 6.45) is 8.58. The second kappa shape index (κ2) is 8.72. The molecule has 9 nitrogen and oxygen atoms in total. The van der Waals surface area contributed by atoms with Gasteiger partial charge in [0.2, 0.25) is 0 Å². The smallest absolute Gasteiger partial charge is 0.251 e. The molecule has 0 spiro atoms. The third-order valence-electron chi connectivity index (χ3n) is 5.71. The van der Waals surface area contributed by atoms with Gasteiger partial charge in [0.1, 0.15) is 22.9 Å². The molecule has 0 bridgehead atoms. The fourth-order valence-electron chi connectivity index (χ4n) is 4.09. The van der Waals surface area contributed by atoms with Crippen LogP contribution in [0.4, 0.5) is 5.82 Å². The molecule has 4 aromatic rings. The van der Waals surface area contributed by atoms with Crippen LogP contribution in [-0.2, 0) is 6.54 Å². The van der Waals surface area contributed by atoms with Crippen molar-refractivity contribution in [1.29, 1.82) is 0 Å². The van der Waals surface area contributed by atoms with Crippen LogP contribution < -0.4 is 16.4 Å². The Kier molecular flexibility index (Phi) is 5.47. The molecule has 0 saturated carbocycles. The molecule has 0 aliphatic carbocycles. The number of anilines is 1. The van der Waals surface area contributed by atoms with E-state index in [1.807, 2.05) is 28.8 Å². The summed E-state index contributed by atoms with van der Waals surface area (Å²) in [5.41, 5.74) is 9.94. The summed E-state index contributed by atoms with van der Waals surface area (Å²) < 4.78 is 2.03. The monoisotopic (exact) mass is 428 g/mol.